The number of benzene rings is 3. The number of hydrogen-bond acceptors (Lipinski definition) is 5. The Labute approximate surface area is 163 Å². The molecule has 0 amide bonds. The fraction of sp³-hybridized carbons (Fsp3) is 0.304. The van der Waals surface area contributed by atoms with E-state index in [2.05, 4.69) is 23.5 Å². The van der Waals surface area contributed by atoms with E-state index in [-0.39, 0.29) is 13.2 Å². The Bertz CT molecular complexity index is 1060. The molecule has 146 valence electrons. The molecular weight excluding hydrogens is 354 g/mol. The molecule has 1 aliphatic carbocycles. The predicted molar refractivity (Wildman–Crippen MR) is 111 cm³/mol. The molecule has 3 aromatic carbocycles. The van der Waals surface area contributed by atoms with Gasteiger partial charge in [-0.15, -0.1) is 0 Å². The Morgan fingerprint density at radius 1 is 0.929 bits per heavy atom. The van der Waals surface area contributed by atoms with Crippen molar-refractivity contribution in [2.45, 2.75) is 31.2 Å². The van der Waals surface area contributed by atoms with Crippen molar-refractivity contribution in [3.63, 3.8) is 0 Å². The van der Waals surface area contributed by atoms with E-state index in [0.717, 1.165) is 32.7 Å². The van der Waals surface area contributed by atoms with E-state index >= 15 is 0 Å². The Morgan fingerprint density at radius 2 is 1.61 bits per heavy atom. The summed E-state index contributed by atoms with van der Waals surface area (Å²) in [4.78, 5) is 0. The van der Waals surface area contributed by atoms with Crippen LogP contribution in [0.5, 0.6) is 0 Å². The van der Waals surface area contributed by atoms with Gasteiger partial charge in [0, 0.05) is 6.54 Å². The molecule has 0 fully saturated rings. The van der Waals surface area contributed by atoms with Crippen LogP contribution in [-0.2, 0) is 6.54 Å². The first-order chi connectivity index (χ1) is 13.5. The van der Waals surface area contributed by atoms with Gasteiger partial charge in [-0.2, -0.15) is 0 Å². The second kappa shape index (κ2) is 7.28. The molecule has 0 saturated heterocycles. The molecule has 0 aliphatic heterocycles. The van der Waals surface area contributed by atoms with Crippen molar-refractivity contribution in [2.75, 3.05) is 13.2 Å². The predicted octanol–water partition coefficient (Wildman–Crippen LogP) is 2.25. The highest BCUT2D eigenvalue weighted by Gasteiger charge is 2.25. The Kier molecular flexibility index (Phi) is 4.95. The highest BCUT2D eigenvalue weighted by atomic mass is 16.3. The SMILES string of the molecule is CC(CO)(CO)NCc1cc2c3c(ccc2c2ccccc12)[C@@H](O)[C@H](O)C=C3. The van der Waals surface area contributed by atoms with Gasteiger partial charge in [0.15, 0.2) is 0 Å². The van der Waals surface area contributed by atoms with Crippen LogP contribution in [0.4, 0.5) is 0 Å². The number of fused-ring (bicyclic) bond motifs is 5. The van der Waals surface area contributed by atoms with Crippen molar-refractivity contribution in [2.24, 2.45) is 0 Å². The molecule has 3 aromatic rings. The van der Waals surface area contributed by atoms with Crippen molar-refractivity contribution in [3.05, 3.63) is 65.2 Å². The lowest BCUT2D eigenvalue weighted by atomic mass is 9.86. The molecule has 5 nitrogen and oxygen atoms in total. The average Bonchev–Trinajstić information content (AvgIpc) is 2.74. The van der Waals surface area contributed by atoms with E-state index < -0.39 is 17.7 Å². The van der Waals surface area contributed by atoms with Crippen molar-refractivity contribution in [1.82, 2.24) is 5.32 Å². The normalized spacial score (nSPS) is 19.3. The zero-order valence-corrected chi connectivity index (χ0v) is 15.8. The van der Waals surface area contributed by atoms with Gasteiger partial charge < -0.3 is 25.7 Å². The first-order valence-corrected chi connectivity index (χ1v) is 9.46. The maximum absolute atomic E-state index is 10.4. The number of aliphatic hydroxyl groups excluding tert-OH is 4. The maximum Gasteiger partial charge on any atom is 0.109 e. The summed E-state index contributed by atoms with van der Waals surface area (Å²) < 4.78 is 0. The second-order valence-corrected chi connectivity index (χ2v) is 7.77. The van der Waals surface area contributed by atoms with Gasteiger partial charge in [0.1, 0.15) is 12.2 Å². The number of rotatable bonds is 5. The van der Waals surface area contributed by atoms with Crippen LogP contribution >= 0.6 is 0 Å². The van der Waals surface area contributed by atoms with E-state index in [4.69, 9.17) is 0 Å². The van der Waals surface area contributed by atoms with Gasteiger partial charge in [0.05, 0.1) is 18.8 Å². The molecule has 0 bridgehead atoms. The summed E-state index contributed by atoms with van der Waals surface area (Å²) in [5.74, 6) is 0. The van der Waals surface area contributed by atoms with Crippen molar-refractivity contribution < 1.29 is 20.4 Å². The summed E-state index contributed by atoms with van der Waals surface area (Å²) in [6.45, 7) is 1.92. The summed E-state index contributed by atoms with van der Waals surface area (Å²) in [6.07, 6.45) is 1.65. The van der Waals surface area contributed by atoms with Crippen molar-refractivity contribution in [1.29, 1.82) is 0 Å². The monoisotopic (exact) mass is 379 g/mol. The van der Waals surface area contributed by atoms with Gasteiger partial charge in [0.25, 0.3) is 0 Å². The average molecular weight is 379 g/mol. The highest BCUT2D eigenvalue weighted by molar-refractivity contribution is 6.11. The molecule has 0 saturated carbocycles. The third-order valence-electron chi connectivity index (χ3n) is 5.71. The van der Waals surface area contributed by atoms with E-state index in [1.54, 1.807) is 13.0 Å². The third kappa shape index (κ3) is 3.11. The van der Waals surface area contributed by atoms with Gasteiger partial charge >= 0.3 is 0 Å². The largest absolute Gasteiger partial charge is 0.394 e. The summed E-state index contributed by atoms with van der Waals surface area (Å²) in [6, 6.07) is 14.1. The molecule has 0 heterocycles. The Morgan fingerprint density at radius 3 is 2.32 bits per heavy atom. The van der Waals surface area contributed by atoms with Gasteiger partial charge in [0.2, 0.25) is 0 Å². The summed E-state index contributed by atoms with van der Waals surface area (Å²) >= 11 is 0. The van der Waals surface area contributed by atoms with Crippen LogP contribution in [0.15, 0.2) is 48.5 Å². The van der Waals surface area contributed by atoms with Crippen LogP contribution in [0.25, 0.3) is 27.6 Å². The lowest BCUT2D eigenvalue weighted by molar-refractivity contribution is 0.0471. The lowest BCUT2D eigenvalue weighted by Crippen LogP contribution is -2.48. The number of hydrogen-bond donors (Lipinski definition) is 5. The highest BCUT2D eigenvalue weighted by Crippen LogP contribution is 2.37. The number of nitrogens with one attached hydrogen (secondary N) is 1. The van der Waals surface area contributed by atoms with Crippen molar-refractivity contribution >= 4 is 27.6 Å². The molecule has 0 aromatic heterocycles. The van der Waals surface area contributed by atoms with Crippen LogP contribution in [0.2, 0.25) is 0 Å². The molecule has 2 atom stereocenters. The van der Waals surface area contributed by atoms with Crippen LogP contribution in [0, 0.1) is 0 Å². The minimum atomic E-state index is -0.940. The van der Waals surface area contributed by atoms with Gasteiger partial charge in [-0.25, -0.2) is 0 Å². The minimum absolute atomic E-state index is 0.169. The smallest absolute Gasteiger partial charge is 0.109 e. The minimum Gasteiger partial charge on any atom is -0.394 e. The summed E-state index contributed by atoms with van der Waals surface area (Å²) in [5.41, 5.74) is 1.90. The molecule has 0 unspecified atom stereocenters. The maximum atomic E-state index is 10.4. The fourth-order valence-corrected chi connectivity index (χ4v) is 3.84. The Hall–Kier alpha value is -2.28. The third-order valence-corrected chi connectivity index (χ3v) is 5.71. The first kappa shape index (κ1) is 19.1. The molecular formula is C23H25NO4. The zero-order valence-electron chi connectivity index (χ0n) is 15.8. The van der Waals surface area contributed by atoms with Crippen molar-refractivity contribution in [3.8, 4) is 0 Å². The molecule has 28 heavy (non-hydrogen) atoms. The molecule has 5 N–H and O–H groups in total. The van der Waals surface area contributed by atoms with Crippen LogP contribution in [-0.4, -0.2) is 45.3 Å². The molecule has 1 aliphatic rings. The molecule has 5 heteroatoms. The summed E-state index contributed by atoms with van der Waals surface area (Å²) in [5, 5.41) is 47.0. The van der Waals surface area contributed by atoms with Crippen LogP contribution < -0.4 is 5.32 Å². The fourth-order valence-electron chi connectivity index (χ4n) is 3.84. The zero-order chi connectivity index (χ0) is 19.9. The number of aliphatic hydroxyl groups is 4. The first-order valence-electron chi connectivity index (χ1n) is 9.46. The van der Waals surface area contributed by atoms with E-state index in [0.29, 0.717) is 12.1 Å². The van der Waals surface area contributed by atoms with Crippen LogP contribution in [0.1, 0.15) is 29.7 Å². The lowest BCUT2D eigenvalue weighted by Gasteiger charge is -2.27. The summed E-state index contributed by atoms with van der Waals surface area (Å²) in [7, 11) is 0. The quantitative estimate of drug-likeness (QED) is 0.439. The topological polar surface area (TPSA) is 93.0 Å². The van der Waals surface area contributed by atoms with Gasteiger partial charge in [-0.1, -0.05) is 48.6 Å². The molecule has 4 rings (SSSR count). The van der Waals surface area contributed by atoms with Crippen LogP contribution in [0.3, 0.4) is 0 Å². The van der Waals surface area contributed by atoms with Gasteiger partial charge in [-0.3, -0.25) is 0 Å². The van der Waals surface area contributed by atoms with Gasteiger partial charge in [-0.05, 0) is 51.2 Å². The second-order valence-electron chi connectivity index (χ2n) is 7.77. The van der Waals surface area contributed by atoms with E-state index in [1.165, 1.54) is 0 Å². The van der Waals surface area contributed by atoms with E-state index in [9.17, 15) is 20.4 Å². The molecule has 0 radical (unpaired) electrons. The van der Waals surface area contributed by atoms with E-state index in [1.807, 2.05) is 30.3 Å². The standard InChI is InChI=1S/C23H25NO4/c1-23(12-25,13-26)24-11-14-10-20-17(16-5-3-2-4-15(14)16)6-7-19-18(20)8-9-21(27)22(19)28/h2-10,21-22,24-28H,11-13H2,1H3/t21-,22-/m1/s1. The Balaban J connectivity index is 1.91. The molecule has 0 spiro atoms.